The van der Waals surface area contributed by atoms with Gasteiger partial charge in [-0.25, -0.2) is 0 Å². The quantitative estimate of drug-likeness (QED) is 0.481. The van der Waals surface area contributed by atoms with Crippen LogP contribution in [0.25, 0.3) is 0 Å². The van der Waals surface area contributed by atoms with E-state index < -0.39 is 0 Å². The van der Waals surface area contributed by atoms with Crippen molar-refractivity contribution in [3.8, 4) is 0 Å². The third kappa shape index (κ3) is 9.48. The lowest BCUT2D eigenvalue weighted by molar-refractivity contribution is -0.146. The number of esters is 1. The summed E-state index contributed by atoms with van der Waals surface area (Å²) in [5, 5.41) is 3.04. The number of carbonyl (C=O) groups is 1. The molecule has 0 aliphatic rings. The third-order valence-corrected chi connectivity index (χ3v) is 1.60. The van der Waals surface area contributed by atoms with Crippen LogP contribution in [0.4, 0.5) is 0 Å². The zero-order valence-electron chi connectivity index (χ0n) is 9.67. The van der Waals surface area contributed by atoms with E-state index in [-0.39, 0.29) is 12.1 Å². The van der Waals surface area contributed by atoms with Crippen molar-refractivity contribution in [1.82, 2.24) is 10.2 Å². The second kappa shape index (κ2) is 7.76. The molecule has 0 saturated carbocycles. The Bertz CT molecular complexity index is 158. The van der Waals surface area contributed by atoms with E-state index in [1.54, 1.807) is 0 Å². The predicted molar refractivity (Wildman–Crippen MR) is 57.3 cm³/mol. The summed E-state index contributed by atoms with van der Waals surface area (Å²) in [4.78, 5) is 13.2. The van der Waals surface area contributed by atoms with Crippen molar-refractivity contribution in [3.05, 3.63) is 0 Å². The molecule has 4 nitrogen and oxygen atoms in total. The monoisotopic (exact) mass is 202 g/mol. The van der Waals surface area contributed by atoms with Crippen LogP contribution in [0.3, 0.4) is 0 Å². The summed E-state index contributed by atoms with van der Waals surface area (Å²) in [6.07, 6.45) is 1.02. The fourth-order valence-corrected chi connectivity index (χ4v) is 1.02. The first kappa shape index (κ1) is 13.4. The van der Waals surface area contributed by atoms with Crippen LogP contribution in [0.1, 0.15) is 20.3 Å². The highest BCUT2D eigenvalue weighted by atomic mass is 16.5. The molecule has 0 amide bonds. The van der Waals surface area contributed by atoms with Gasteiger partial charge in [-0.3, -0.25) is 4.79 Å². The van der Waals surface area contributed by atoms with Crippen LogP contribution in [0, 0.1) is 0 Å². The molecule has 1 N–H and O–H groups in total. The van der Waals surface area contributed by atoms with E-state index in [0.717, 1.165) is 19.5 Å². The highest BCUT2D eigenvalue weighted by molar-refractivity contribution is 5.71. The molecule has 0 unspecified atom stereocenters. The Labute approximate surface area is 86.6 Å². The van der Waals surface area contributed by atoms with Crippen LogP contribution >= 0.6 is 0 Å². The van der Waals surface area contributed by atoms with Crippen molar-refractivity contribution >= 4 is 5.97 Å². The van der Waals surface area contributed by atoms with Gasteiger partial charge in [-0.15, -0.1) is 0 Å². The fourth-order valence-electron chi connectivity index (χ4n) is 1.02. The first-order chi connectivity index (χ1) is 6.52. The molecule has 0 aliphatic heterocycles. The smallest absolute Gasteiger partial charge is 0.320 e. The van der Waals surface area contributed by atoms with Crippen molar-refractivity contribution < 1.29 is 9.53 Å². The average molecular weight is 202 g/mol. The maximum absolute atomic E-state index is 11.1. The number of rotatable bonds is 7. The summed E-state index contributed by atoms with van der Waals surface area (Å²) < 4.78 is 4.97. The van der Waals surface area contributed by atoms with Crippen molar-refractivity contribution in [1.29, 1.82) is 0 Å². The average Bonchev–Trinajstić information content (AvgIpc) is 2.01. The summed E-state index contributed by atoms with van der Waals surface area (Å²) in [5.41, 5.74) is 0. The molecule has 14 heavy (non-hydrogen) atoms. The van der Waals surface area contributed by atoms with Gasteiger partial charge in [0, 0.05) is 0 Å². The van der Waals surface area contributed by atoms with Gasteiger partial charge in [0.2, 0.25) is 0 Å². The van der Waals surface area contributed by atoms with Crippen molar-refractivity contribution in [2.24, 2.45) is 0 Å². The zero-order valence-corrected chi connectivity index (χ0v) is 9.67. The molecular weight excluding hydrogens is 180 g/mol. The molecule has 0 aromatic heterocycles. The molecule has 0 spiro atoms. The van der Waals surface area contributed by atoms with Crippen LogP contribution in [0.5, 0.6) is 0 Å². The van der Waals surface area contributed by atoms with Gasteiger partial charge in [0.05, 0.1) is 12.6 Å². The van der Waals surface area contributed by atoms with Gasteiger partial charge in [0.15, 0.2) is 0 Å². The zero-order chi connectivity index (χ0) is 11.0. The van der Waals surface area contributed by atoms with E-state index in [9.17, 15) is 4.79 Å². The largest absolute Gasteiger partial charge is 0.462 e. The van der Waals surface area contributed by atoms with Crippen molar-refractivity contribution in [2.75, 3.05) is 33.7 Å². The van der Waals surface area contributed by atoms with Gasteiger partial charge in [-0.05, 0) is 47.5 Å². The number of nitrogens with zero attached hydrogens (tertiary/aromatic N) is 1. The lowest BCUT2D eigenvalue weighted by atomic mass is 10.4. The normalized spacial score (nSPS) is 11.0. The first-order valence-corrected chi connectivity index (χ1v) is 5.07. The maximum atomic E-state index is 11.1. The highest BCUT2D eigenvalue weighted by Crippen LogP contribution is 1.87. The Morgan fingerprint density at radius 1 is 1.43 bits per heavy atom. The third-order valence-electron chi connectivity index (χ3n) is 1.60. The lowest BCUT2D eigenvalue weighted by Gasteiger charge is -2.10. The van der Waals surface area contributed by atoms with Gasteiger partial charge in [-0.1, -0.05) is 0 Å². The Morgan fingerprint density at radius 2 is 2.07 bits per heavy atom. The van der Waals surface area contributed by atoms with Crippen LogP contribution in [0.15, 0.2) is 0 Å². The molecule has 0 aromatic rings. The summed E-state index contributed by atoms with van der Waals surface area (Å²) >= 11 is 0. The molecule has 0 fully saturated rings. The summed E-state index contributed by atoms with van der Waals surface area (Å²) in [5.74, 6) is -0.176. The van der Waals surface area contributed by atoms with Gasteiger partial charge in [0.1, 0.15) is 0 Å². The van der Waals surface area contributed by atoms with E-state index in [4.69, 9.17) is 4.74 Å². The number of ether oxygens (including phenoxy) is 1. The summed E-state index contributed by atoms with van der Waals surface area (Å²) in [7, 11) is 4.07. The molecule has 0 heterocycles. The van der Waals surface area contributed by atoms with E-state index in [2.05, 4.69) is 10.2 Å². The van der Waals surface area contributed by atoms with E-state index in [1.807, 2.05) is 27.9 Å². The topological polar surface area (TPSA) is 41.6 Å². The van der Waals surface area contributed by atoms with Crippen LogP contribution in [-0.2, 0) is 9.53 Å². The minimum atomic E-state index is -0.176. The Balaban J connectivity index is 3.23. The van der Waals surface area contributed by atoms with Gasteiger partial charge in [-0.2, -0.15) is 0 Å². The van der Waals surface area contributed by atoms with Crippen molar-refractivity contribution in [2.45, 2.75) is 26.4 Å². The molecule has 0 saturated heterocycles. The van der Waals surface area contributed by atoms with Crippen LogP contribution < -0.4 is 5.32 Å². The van der Waals surface area contributed by atoms with Crippen LogP contribution in [-0.4, -0.2) is 50.7 Å². The number of carbonyl (C=O) groups excluding carboxylic acids is 1. The fraction of sp³-hybridized carbons (Fsp3) is 0.900. The Morgan fingerprint density at radius 3 is 2.57 bits per heavy atom. The Hall–Kier alpha value is -0.610. The summed E-state index contributed by atoms with van der Waals surface area (Å²) in [6.45, 7) is 5.90. The van der Waals surface area contributed by atoms with Crippen molar-refractivity contribution in [3.63, 3.8) is 0 Å². The molecule has 0 aliphatic carbocycles. The standard InChI is InChI=1S/C10H22N2O2/c1-9(2)14-10(13)8-11-6-5-7-12(3)4/h9,11H,5-8H2,1-4H3. The second-order valence-electron chi connectivity index (χ2n) is 3.87. The second-order valence-corrected chi connectivity index (χ2v) is 3.87. The summed E-state index contributed by atoms with van der Waals surface area (Å²) in [6, 6.07) is 0. The molecule has 0 atom stereocenters. The molecule has 84 valence electrons. The SMILES string of the molecule is CC(C)OC(=O)CNCCCN(C)C. The minimum absolute atomic E-state index is 0.0222. The van der Waals surface area contributed by atoms with E-state index in [0.29, 0.717) is 6.54 Å². The Kier molecular flexibility index (Phi) is 7.42. The van der Waals surface area contributed by atoms with Gasteiger partial charge < -0.3 is 15.0 Å². The van der Waals surface area contributed by atoms with E-state index >= 15 is 0 Å². The lowest BCUT2D eigenvalue weighted by Crippen LogP contribution is -2.28. The number of hydrogen-bond acceptors (Lipinski definition) is 4. The number of nitrogens with one attached hydrogen (secondary N) is 1. The highest BCUT2D eigenvalue weighted by Gasteiger charge is 2.03. The number of hydrogen-bond donors (Lipinski definition) is 1. The first-order valence-electron chi connectivity index (χ1n) is 5.07. The molecule has 0 radical (unpaired) electrons. The molecule has 0 aromatic carbocycles. The molecule has 4 heteroatoms. The van der Waals surface area contributed by atoms with Gasteiger partial charge >= 0.3 is 5.97 Å². The minimum Gasteiger partial charge on any atom is -0.462 e. The van der Waals surface area contributed by atoms with E-state index in [1.165, 1.54) is 0 Å². The molecule has 0 bridgehead atoms. The molecule has 0 rings (SSSR count). The maximum Gasteiger partial charge on any atom is 0.320 e. The predicted octanol–water partition coefficient (Wildman–Crippen LogP) is 0.479. The van der Waals surface area contributed by atoms with Gasteiger partial charge in [0.25, 0.3) is 0 Å². The molecular formula is C10H22N2O2. The van der Waals surface area contributed by atoms with Crippen LogP contribution in [0.2, 0.25) is 0 Å².